The Balaban J connectivity index is 1.81. The van der Waals surface area contributed by atoms with Crippen LogP contribution in [-0.4, -0.2) is 20.2 Å². The molecule has 4 atom stereocenters. The van der Waals surface area contributed by atoms with E-state index in [1.165, 1.54) is 12.1 Å². The summed E-state index contributed by atoms with van der Waals surface area (Å²) in [6.45, 7) is 1.74. The zero-order valence-electron chi connectivity index (χ0n) is 12.5. The lowest BCUT2D eigenvalue weighted by molar-refractivity contribution is -0.123. The fourth-order valence-corrected chi connectivity index (χ4v) is 4.68. The molecule has 1 aromatic rings. The lowest BCUT2D eigenvalue weighted by atomic mass is 9.85. The molecule has 6 nitrogen and oxygen atoms in total. The van der Waals surface area contributed by atoms with Crippen LogP contribution < -0.4 is 10.0 Å². The number of hydrogen-bond acceptors (Lipinski definition) is 4. The molecule has 2 N–H and O–H groups in total. The zero-order valence-corrected chi connectivity index (χ0v) is 13.3. The molecular weight excluding hydrogens is 316 g/mol. The fraction of sp³-hybridized carbons (Fsp3) is 0.375. The number of carbonyl (C=O) groups is 2. The molecule has 1 aromatic carbocycles. The number of allylic oxidation sites excluding steroid dienone is 2. The van der Waals surface area contributed by atoms with Crippen molar-refractivity contribution in [3.05, 3.63) is 35.9 Å². The second-order valence-corrected chi connectivity index (χ2v) is 8.07. The van der Waals surface area contributed by atoms with Crippen molar-refractivity contribution in [3.63, 3.8) is 0 Å². The quantitative estimate of drug-likeness (QED) is 0.644. The van der Waals surface area contributed by atoms with Gasteiger partial charge in [-0.2, -0.15) is 0 Å². The van der Waals surface area contributed by atoms with E-state index in [0.29, 0.717) is 11.3 Å². The number of amides is 2. The fourth-order valence-electron chi connectivity index (χ4n) is 4.15. The van der Waals surface area contributed by atoms with Gasteiger partial charge in [-0.05, 0) is 42.9 Å². The molecule has 0 unspecified atom stereocenters. The number of aryl methyl sites for hydroxylation is 1. The summed E-state index contributed by atoms with van der Waals surface area (Å²) < 4.78 is 23.1. The molecule has 2 bridgehead atoms. The van der Waals surface area contributed by atoms with Crippen LogP contribution >= 0.6 is 0 Å². The highest BCUT2D eigenvalue weighted by Gasteiger charge is 2.59. The number of anilines is 1. The Kier molecular flexibility index (Phi) is 2.87. The van der Waals surface area contributed by atoms with Gasteiger partial charge >= 0.3 is 0 Å². The molecular formula is C16H16N2O4S. The SMILES string of the molecule is Cc1ccc(S(N)(=O)=O)cc1N1C(=O)[C@H]2[C@H](C1=O)[C@H]1C=C[C@H]2C1. The Morgan fingerprint density at radius 2 is 1.65 bits per heavy atom. The van der Waals surface area contributed by atoms with E-state index >= 15 is 0 Å². The van der Waals surface area contributed by atoms with E-state index < -0.39 is 10.0 Å². The first-order valence-corrected chi connectivity index (χ1v) is 9.03. The Hall–Kier alpha value is -1.99. The number of fused-ring (bicyclic) bond motifs is 5. The van der Waals surface area contributed by atoms with E-state index in [4.69, 9.17) is 5.14 Å². The molecule has 2 amide bonds. The number of primary sulfonamides is 1. The third kappa shape index (κ3) is 1.93. The van der Waals surface area contributed by atoms with Crippen molar-refractivity contribution in [1.82, 2.24) is 0 Å². The smallest absolute Gasteiger partial charge is 0.238 e. The highest BCUT2D eigenvalue weighted by molar-refractivity contribution is 7.89. The van der Waals surface area contributed by atoms with E-state index in [9.17, 15) is 18.0 Å². The van der Waals surface area contributed by atoms with Crippen LogP contribution in [0.4, 0.5) is 5.69 Å². The average Bonchev–Trinajstić information content (AvgIpc) is 3.13. The normalized spacial score (nSPS) is 32.0. The Labute approximate surface area is 134 Å². The summed E-state index contributed by atoms with van der Waals surface area (Å²) in [5.41, 5.74) is 0.986. The lowest BCUT2D eigenvalue weighted by Crippen LogP contribution is -2.33. The van der Waals surface area contributed by atoms with Crippen molar-refractivity contribution in [3.8, 4) is 0 Å². The van der Waals surface area contributed by atoms with Gasteiger partial charge in [0.15, 0.2) is 0 Å². The number of carbonyl (C=O) groups excluding carboxylic acids is 2. The number of benzene rings is 1. The molecule has 2 aliphatic carbocycles. The second kappa shape index (κ2) is 4.52. The van der Waals surface area contributed by atoms with Crippen LogP contribution in [0.5, 0.6) is 0 Å². The van der Waals surface area contributed by atoms with Gasteiger partial charge in [-0.1, -0.05) is 18.2 Å². The summed E-state index contributed by atoms with van der Waals surface area (Å²) in [6.07, 6.45) is 4.90. The second-order valence-electron chi connectivity index (χ2n) is 6.51. The van der Waals surface area contributed by atoms with Gasteiger partial charge in [-0.25, -0.2) is 18.5 Å². The highest BCUT2D eigenvalue weighted by Crippen LogP contribution is 2.53. The van der Waals surface area contributed by atoms with Gasteiger partial charge in [-0.3, -0.25) is 9.59 Å². The van der Waals surface area contributed by atoms with E-state index in [0.717, 1.165) is 11.3 Å². The maximum Gasteiger partial charge on any atom is 0.238 e. The van der Waals surface area contributed by atoms with Gasteiger partial charge in [-0.15, -0.1) is 0 Å². The van der Waals surface area contributed by atoms with Crippen LogP contribution in [0.15, 0.2) is 35.2 Å². The molecule has 0 spiro atoms. The highest BCUT2D eigenvalue weighted by atomic mass is 32.2. The molecule has 0 radical (unpaired) electrons. The van der Waals surface area contributed by atoms with Crippen LogP contribution in [0, 0.1) is 30.6 Å². The van der Waals surface area contributed by atoms with Crippen LogP contribution in [-0.2, 0) is 19.6 Å². The van der Waals surface area contributed by atoms with Crippen molar-refractivity contribution in [2.45, 2.75) is 18.2 Å². The molecule has 1 saturated carbocycles. The molecule has 3 aliphatic rings. The van der Waals surface area contributed by atoms with Gasteiger partial charge in [0, 0.05) is 0 Å². The minimum atomic E-state index is -3.90. The summed E-state index contributed by atoms with van der Waals surface area (Å²) in [5, 5.41) is 5.16. The lowest BCUT2D eigenvalue weighted by Gasteiger charge is -2.20. The standard InChI is InChI=1S/C16H16N2O4S/c1-8-2-5-11(23(17,21)22)7-12(8)18-15(19)13-9-3-4-10(6-9)14(13)16(18)20/h2-5,7,9-10,13-14H,6H2,1H3,(H2,17,21,22)/t9-,10-,13+,14+/m0/s1. The van der Waals surface area contributed by atoms with Gasteiger partial charge in [0.05, 0.1) is 22.4 Å². The predicted octanol–water partition coefficient (Wildman–Crippen LogP) is 0.954. The first kappa shape index (κ1) is 14.6. The molecule has 1 heterocycles. The van der Waals surface area contributed by atoms with Gasteiger partial charge < -0.3 is 0 Å². The summed E-state index contributed by atoms with van der Waals surface area (Å²) in [4.78, 5) is 26.6. The predicted molar refractivity (Wildman–Crippen MR) is 82.8 cm³/mol. The minimum Gasteiger partial charge on any atom is -0.274 e. The maximum atomic E-state index is 12.8. The first-order chi connectivity index (χ1) is 10.8. The van der Waals surface area contributed by atoms with Crippen LogP contribution in [0.25, 0.3) is 0 Å². The summed E-state index contributed by atoms with van der Waals surface area (Å²) in [6, 6.07) is 4.26. The number of rotatable bonds is 2. The Morgan fingerprint density at radius 3 is 2.17 bits per heavy atom. The molecule has 1 saturated heterocycles. The number of nitrogens with zero attached hydrogens (tertiary/aromatic N) is 1. The zero-order chi connectivity index (χ0) is 16.5. The van der Waals surface area contributed by atoms with Crippen molar-refractivity contribution in [2.24, 2.45) is 28.8 Å². The van der Waals surface area contributed by atoms with E-state index in [-0.39, 0.29) is 40.4 Å². The summed E-state index contributed by atoms with van der Waals surface area (Å²) in [5.74, 6) is -0.843. The van der Waals surface area contributed by atoms with Gasteiger partial charge in [0.1, 0.15) is 0 Å². The van der Waals surface area contributed by atoms with Crippen LogP contribution in [0.1, 0.15) is 12.0 Å². The molecule has 120 valence electrons. The third-order valence-electron chi connectivity index (χ3n) is 5.22. The largest absolute Gasteiger partial charge is 0.274 e. The Bertz CT molecular complexity index is 844. The minimum absolute atomic E-state index is 0.100. The van der Waals surface area contributed by atoms with Gasteiger partial charge in [0.25, 0.3) is 0 Å². The van der Waals surface area contributed by atoms with Crippen molar-refractivity contribution < 1.29 is 18.0 Å². The van der Waals surface area contributed by atoms with Crippen LogP contribution in [0.3, 0.4) is 0 Å². The van der Waals surface area contributed by atoms with E-state index in [1.807, 2.05) is 12.2 Å². The monoisotopic (exact) mass is 332 g/mol. The first-order valence-electron chi connectivity index (χ1n) is 7.48. The topological polar surface area (TPSA) is 97.5 Å². The molecule has 2 fully saturated rings. The van der Waals surface area contributed by atoms with Crippen molar-refractivity contribution in [1.29, 1.82) is 0 Å². The third-order valence-corrected chi connectivity index (χ3v) is 6.13. The molecule has 7 heteroatoms. The number of sulfonamides is 1. The van der Waals surface area contributed by atoms with Crippen LogP contribution in [0.2, 0.25) is 0 Å². The van der Waals surface area contributed by atoms with E-state index in [2.05, 4.69) is 0 Å². The molecule has 1 aliphatic heterocycles. The molecule has 0 aromatic heterocycles. The van der Waals surface area contributed by atoms with Crippen molar-refractivity contribution in [2.75, 3.05) is 4.90 Å². The van der Waals surface area contributed by atoms with Crippen molar-refractivity contribution >= 4 is 27.5 Å². The molecule has 4 rings (SSSR count). The Morgan fingerprint density at radius 1 is 1.09 bits per heavy atom. The average molecular weight is 332 g/mol. The summed E-state index contributed by atoms with van der Waals surface area (Å²) in [7, 11) is -3.90. The van der Waals surface area contributed by atoms with E-state index in [1.54, 1.807) is 13.0 Å². The number of nitrogens with two attached hydrogens (primary N) is 1. The maximum absolute atomic E-state index is 12.8. The summed E-state index contributed by atoms with van der Waals surface area (Å²) >= 11 is 0. The van der Waals surface area contributed by atoms with Gasteiger partial charge in [0.2, 0.25) is 21.8 Å². The number of hydrogen-bond donors (Lipinski definition) is 1. The number of imide groups is 1. The molecule has 23 heavy (non-hydrogen) atoms.